The van der Waals surface area contributed by atoms with E-state index in [0.29, 0.717) is 17.0 Å². The van der Waals surface area contributed by atoms with Gasteiger partial charge in [0.1, 0.15) is 23.1 Å². The quantitative estimate of drug-likeness (QED) is 0.373. The second-order valence-electron chi connectivity index (χ2n) is 6.97. The number of rotatable bonds is 5. The fourth-order valence-corrected chi connectivity index (χ4v) is 3.77. The van der Waals surface area contributed by atoms with Crippen LogP contribution in [0.4, 0.5) is 10.1 Å². The van der Waals surface area contributed by atoms with Gasteiger partial charge in [-0.3, -0.25) is 19.5 Å². The lowest BCUT2D eigenvalue weighted by atomic mass is 9.95. The summed E-state index contributed by atoms with van der Waals surface area (Å²) in [5, 5.41) is 11.1. The highest BCUT2D eigenvalue weighted by atomic mass is 19.1. The smallest absolute Gasteiger partial charge is 0.300 e. The third kappa shape index (κ3) is 3.45. The van der Waals surface area contributed by atoms with Crippen molar-refractivity contribution in [1.82, 2.24) is 4.98 Å². The lowest BCUT2D eigenvalue weighted by molar-refractivity contribution is -0.132. The van der Waals surface area contributed by atoms with Crippen LogP contribution in [0.1, 0.15) is 17.2 Å². The van der Waals surface area contributed by atoms with Gasteiger partial charge in [-0.1, -0.05) is 18.2 Å². The average Bonchev–Trinajstić information content (AvgIpc) is 3.09. The number of amides is 1. The zero-order valence-corrected chi connectivity index (χ0v) is 17.3. The molecule has 4 rings (SSSR count). The van der Waals surface area contributed by atoms with E-state index in [1.54, 1.807) is 42.6 Å². The Hall–Kier alpha value is -4.20. The van der Waals surface area contributed by atoms with E-state index in [2.05, 4.69) is 4.98 Å². The molecule has 2 heterocycles. The van der Waals surface area contributed by atoms with E-state index in [1.807, 2.05) is 0 Å². The van der Waals surface area contributed by atoms with Gasteiger partial charge < -0.3 is 14.6 Å². The maximum absolute atomic E-state index is 14.0. The first kappa shape index (κ1) is 21.0. The molecule has 0 bridgehead atoms. The Morgan fingerprint density at radius 3 is 2.47 bits per heavy atom. The van der Waals surface area contributed by atoms with Crippen molar-refractivity contribution in [2.45, 2.75) is 6.04 Å². The largest absolute Gasteiger partial charge is 0.507 e. The van der Waals surface area contributed by atoms with Crippen LogP contribution in [0.2, 0.25) is 0 Å². The molecule has 1 N–H and O–H groups in total. The number of pyridine rings is 1. The van der Waals surface area contributed by atoms with Crippen molar-refractivity contribution in [2.24, 2.45) is 0 Å². The number of methoxy groups -OCH3 is 2. The molecule has 0 aliphatic carbocycles. The Bertz CT molecular complexity index is 1230. The maximum Gasteiger partial charge on any atom is 0.300 e. The van der Waals surface area contributed by atoms with Crippen LogP contribution in [0.15, 0.2) is 72.6 Å². The monoisotopic (exact) mass is 434 g/mol. The van der Waals surface area contributed by atoms with Crippen LogP contribution in [0, 0.1) is 5.82 Å². The zero-order valence-electron chi connectivity index (χ0n) is 17.3. The first-order valence-corrected chi connectivity index (χ1v) is 9.65. The minimum absolute atomic E-state index is 0.0422. The SMILES string of the molecule is COc1ccc(F)cc1/C(O)=C1\C(=O)C(=O)N(c2ccccc2OC)C1c1cccnc1. The number of hydrogen-bond acceptors (Lipinski definition) is 6. The minimum Gasteiger partial charge on any atom is -0.507 e. The summed E-state index contributed by atoms with van der Waals surface area (Å²) in [4.78, 5) is 31.7. The molecular weight excluding hydrogens is 415 g/mol. The number of hydrogen-bond donors (Lipinski definition) is 1. The molecule has 32 heavy (non-hydrogen) atoms. The first-order chi connectivity index (χ1) is 15.5. The summed E-state index contributed by atoms with van der Waals surface area (Å²) in [5.41, 5.74) is 0.572. The van der Waals surface area contributed by atoms with Crippen LogP contribution < -0.4 is 14.4 Å². The van der Waals surface area contributed by atoms with Crippen molar-refractivity contribution in [2.75, 3.05) is 19.1 Å². The fourth-order valence-electron chi connectivity index (χ4n) is 3.77. The van der Waals surface area contributed by atoms with Gasteiger partial charge in [0.25, 0.3) is 11.7 Å². The van der Waals surface area contributed by atoms with Crippen LogP contribution in [0.3, 0.4) is 0 Å². The number of ketones is 1. The summed E-state index contributed by atoms with van der Waals surface area (Å²) < 4.78 is 24.6. The number of anilines is 1. The summed E-state index contributed by atoms with van der Waals surface area (Å²) in [6.07, 6.45) is 3.05. The van der Waals surface area contributed by atoms with Crippen molar-refractivity contribution < 1.29 is 28.6 Å². The van der Waals surface area contributed by atoms with E-state index in [1.165, 1.54) is 37.4 Å². The van der Waals surface area contributed by atoms with E-state index >= 15 is 0 Å². The van der Waals surface area contributed by atoms with Gasteiger partial charge >= 0.3 is 0 Å². The van der Waals surface area contributed by atoms with Gasteiger partial charge in [-0.2, -0.15) is 0 Å². The number of ether oxygens (including phenoxy) is 2. The molecule has 2 aromatic carbocycles. The Balaban J connectivity index is 2.00. The summed E-state index contributed by atoms with van der Waals surface area (Å²) in [7, 11) is 2.81. The molecule has 8 heteroatoms. The predicted molar refractivity (Wildman–Crippen MR) is 115 cm³/mol. The number of Topliss-reactive ketones (excluding diaryl/α,β-unsaturated/α-hetero) is 1. The molecule has 1 aliphatic rings. The molecule has 1 aromatic heterocycles. The number of aromatic nitrogens is 1. The Labute approximate surface area is 183 Å². The van der Waals surface area contributed by atoms with Crippen molar-refractivity contribution in [1.29, 1.82) is 0 Å². The number of halogens is 1. The van der Waals surface area contributed by atoms with E-state index in [9.17, 15) is 19.1 Å². The van der Waals surface area contributed by atoms with E-state index in [0.717, 1.165) is 6.07 Å². The topological polar surface area (TPSA) is 89.0 Å². The second kappa shape index (κ2) is 8.50. The second-order valence-corrected chi connectivity index (χ2v) is 6.97. The Kier molecular flexibility index (Phi) is 5.59. The molecule has 0 spiro atoms. The van der Waals surface area contributed by atoms with Crippen molar-refractivity contribution >= 4 is 23.1 Å². The van der Waals surface area contributed by atoms with Gasteiger partial charge in [0.05, 0.1) is 37.1 Å². The highest BCUT2D eigenvalue weighted by Crippen LogP contribution is 2.45. The summed E-state index contributed by atoms with van der Waals surface area (Å²) in [5.74, 6) is -2.45. The standard InChI is InChI=1S/C24H19FN2O5/c1-31-18-10-9-15(25)12-16(18)22(28)20-21(14-6-5-11-26-13-14)27(24(30)23(20)29)17-7-3-4-8-19(17)32-2/h3-13,21,28H,1-2H3/b22-20+. The van der Waals surface area contributed by atoms with Gasteiger partial charge in [-0.15, -0.1) is 0 Å². The summed E-state index contributed by atoms with van der Waals surface area (Å²) >= 11 is 0. The number of carbonyl (C=O) groups is 2. The molecule has 0 radical (unpaired) electrons. The van der Waals surface area contributed by atoms with Crippen molar-refractivity contribution in [3.05, 3.63) is 89.5 Å². The molecule has 0 saturated carbocycles. The number of nitrogens with zero attached hydrogens (tertiary/aromatic N) is 2. The predicted octanol–water partition coefficient (Wildman–Crippen LogP) is 3.86. The minimum atomic E-state index is -1.02. The van der Waals surface area contributed by atoms with Crippen LogP contribution in [0.25, 0.3) is 5.76 Å². The molecule has 1 amide bonds. The number of benzene rings is 2. The van der Waals surface area contributed by atoms with Gasteiger partial charge in [0, 0.05) is 12.4 Å². The van der Waals surface area contributed by atoms with Gasteiger partial charge in [0.15, 0.2) is 0 Å². The molecular formula is C24H19FN2O5. The van der Waals surface area contributed by atoms with Crippen LogP contribution >= 0.6 is 0 Å². The van der Waals surface area contributed by atoms with Gasteiger partial charge in [-0.05, 0) is 42.0 Å². The maximum atomic E-state index is 14.0. The lowest BCUT2D eigenvalue weighted by Gasteiger charge is -2.26. The molecule has 1 unspecified atom stereocenters. The zero-order chi connectivity index (χ0) is 22.8. The van der Waals surface area contributed by atoms with Crippen LogP contribution in [-0.2, 0) is 9.59 Å². The normalized spacial score (nSPS) is 17.5. The molecule has 3 aromatic rings. The number of aliphatic hydroxyl groups excluding tert-OH is 1. The number of para-hydroxylation sites is 2. The number of carbonyl (C=O) groups excluding carboxylic acids is 2. The first-order valence-electron chi connectivity index (χ1n) is 9.65. The fraction of sp³-hybridized carbons (Fsp3) is 0.125. The van der Waals surface area contributed by atoms with Crippen LogP contribution in [0.5, 0.6) is 11.5 Å². The summed E-state index contributed by atoms with van der Waals surface area (Å²) in [6.45, 7) is 0. The average molecular weight is 434 g/mol. The highest BCUT2D eigenvalue weighted by Gasteiger charge is 2.48. The molecule has 162 valence electrons. The Morgan fingerprint density at radius 2 is 1.78 bits per heavy atom. The Morgan fingerprint density at radius 1 is 1.03 bits per heavy atom. The number of aliphatic hydroxyl groups is 1. The van der Waals surface area contributed by atoms with Gasteiger partial charge in [-0.25, -0.2) is 4.39 Å². The van der Waals surface area contributed by atoms with E-state index < -0.39 is 29.3 Å². The third-order valence-electron chi connectivity index (χ3n) is 5.21. The summed E-state index contributed by atoms with van der Waals surface area (Å²) in [6, 6.07) is 12.6. The van der Waals surface area contributed by atoms with Gasteiger partial charge in [0.2, 0.25) is 0 Å². The molecule has 1 aliphatic heterocycles. The van der Waals surface area contributed by atoms with E-state index in [-0.39, 0.29) is 16.9 Å². The third-order valence-corrected chi connectivity index (χ3v) is 5.21. The molecule has 1 fully saturated rings. The molecule has 7 nitrogen and oxygen atoms in total. The highest BCUT2D eigenvalue weighted by molar-refractivity contribution is 6.52. The van der Waals surface area contributed by atoms with Crippen molar-refractivity contribution in [3.63, 3.8) is 0 Å². The van der Waals surface area contributed by atoms with Crippen molar-refractivity contribution in [3.8, 4) is 11.5 Å². The molecule has 1 saturated heterocycles. The lowest BCUT2D eigenvalue weighted by Crippen LogP contribution is -2.29. The van der Waals surface area contributed by atoms with Crippen LogP contribution in [-0.4, -0.2) is 36.0 Å². The molecule has 1 atom stereocenters. The van der Waals surface area contributed by atoms with E-state index in [4.69, 9.17) is 9.47 Å².